The largest absolute Gasteiger partial charge is 0.748 e. The van der Waals surface area contributed by atoms with Gasteiger partial charge in [0.1, 0.15) is 18.4 Å². The lowest BCUT2D eigenvalue weighted by atomic mass is 10.1. The third kappa shape index (κ3) is 11.7. The number of hydrogen-bond acceptors (Lipinski definition) is 3. The number of rotatable bonds is 10. The molecule has 0 aliphatic carbocycles. The molecule has 0 spiro atoms. The summed E-state index contributed by atoms with van der Waals surface area (Å²) in [6, 6.07) is 0.700. The Morgan fingerprint density at radius 3 is 2.09 bits per heavy atom. The van der Waals surface area contributed by atoms with Crippen LogP contribution in [0, 0.1) is 0 Å². The molecule has 1 rings (SSSR count). The van der Waals surface area contributed by atoms with Crippen LogP contribution in [0.2, 0.25) is 0 Å². The van der Waals surface area contributed by atoms with E-state index in [1.807, 2.05) is 13.1 Å². The standard InChI is InChI=1S/C10H18N2.C6H14O3S/c1-3-5-10(6-4-2)12-8-7-11-9-12;1-2-3-4-5-6-10(7,8)9/h7-10H,3-6H2,1-2H3;2-6H2,1H3,(H,7,8,9). The summed E-state index contributed by atoms with van der Waals surface area (Å²) in [5.41, 5.74) is 0. The highest BCUT2D eigenvalue weighted by atomic mass is 32.2. The van der Waals surface area contributed by atoms with Crippen LogP contribution in [0.5, 0.6) is 0 Å². The number of aromatic nitrogens is 2. The first-order valence-electron chi connectivity index (χ1n) is 8.41. The minimum atomic E-state index is -3.95. The van der Waals surface area contributed by atoms with Crippen molar-refractivity contribution < 1.29 is 17.5 Å². The maximum atomic E-state index is 10.0. The molecule has 6 heteroatoms. The molecule has 130 valence electrons. The van der Waals surface area contributed by atoms with Gasteiger partial charge in [0.25, 0.3) is 0 Å². The van der Waals surface area contributed by atoms with Gasteiger partial charge in [-0.25, -0.2) is 13.0 Å². The third-order valence-corrected chi connectivity index (χ3v) is 4.27. The zero-order chi connectivity index (χ0) is 16.8. The molecule has 22 heavy (non-hydrogen) atoms. The van der Waals surface area contributed by atoms with Crippen molar-refractivity contribution in [2.75, 3.05) is 5.75 Å². The third-order valence-electron chi connectivity index (χ3n) is 3.48. The Bertz CT molecular complexity index is 438. The quantitative estimate of drug-likeness (QED) is 0.404. The van der Waals surface area contributed by atoms with E-state index in [1.54, 1.807) is 0 Å². The minimum Gasteiger partial charge on any atom is -0.748 e. The van der Waals surface area contributed by atoms with Gasteiger partial charge in [0.05, 0.1) is 10.1 Å². The number of unbranched alkanes of at least 4 members (excludes halogenated alkanes) is 3. The van der Waals surface area contributed by atoms with Crippen LogP contribution in [-0.2, 0) is 10.1 Å². The van der Waals surface area contributed by atoms with Crippen LogP contribution in [-0.4, -0.2) is 23.7 Å². The summed E-state index contributed by atoms with van der Waals surface area (Å²) in [7, 11) is -3.95. The lowest BCUT2D eigenvalue weighted by molar-refractivity contribution is -0.723. The zero-order valence-corrected chi connectivity index (χ0v) is 15.1. The SMILES string of the molecule is CCCC(CCC)[n+]1cc[nH]c1.CCCCCCS(=O)(=O)[O-]. The lowest BCUT2D eigenvalue weighted by Crippen LogP contribution is -2.36. The molecule has 0 radical (unpaired) electrons. The van der Waals surface area contributed by atoms with Crippen LogP contribution in [0.3, 0.4) is 0 Å². The number of H-pyrrole nitrogens is 1. The van der Waals surface area contributed by atoms with E-state index in [1.165, 1.54) is 25.7 Å². The van der Waals surface area contributed by atoms with Crippen molar-refractivity contribution in [3.05, 3.63) is 18.7 Å². The Kier molecular flexibility index (Phi) is 12.1. The van der Waals surface area contributed by atoms with Gasteiger partial charge in [-0.15, -0.1) is 0 Å². The second-order valence-corrected chi connectivity index (χ2v) is 7.14. The van der Waals surface area contributed by atoms with E-state index in [9.17, 15) is 13.0 Å². The minimum absolute atomic E-state index is 0.201. The molecule has 0 atom stereocenters. The van der Waals surface area contributed by atoms with Gasteiger partial charge in [-0.3, -0.25) is 4.98 Å². The molecule has 5 nitrogen and oxygen atoms in total. The molecule has 0 bridgehead atoms. The van der Waals surface area contributed by atoms with Crippen molar-refractivity contribution in [1.82, 2.24) is 4.98 Å². The molecule has 1 aromatic heterocycles. The average molecular weight is 333 g/mol. The van der Waals surface area contributed by atoms with Gasteiger partial charge in [-0.1, -0.05) is 52.9 Å². The smallest absolute Gasteiger partial charge is 0.241 e. The second kappa shape index (κ2) is 12.6. The summed E-state index contributed by atoms with van der Waals surface area (Å²) < 4.78 is 32.4. The van der Waals surface area contributed by atoms with Crippen LogP contribution in [0.25, 0.3) is 0 Å². The molecule has 0 saturated carbocycles. The summed E-state index contributed by atoms with van der Waals surface area (Å²) in [4.78, 5) is 3.09. The van der Waals surface area contributed by atoms with Crippen LogP contribution < -0.4 is 4.57 Å². The number of nitrogens with zero attached hydrogens (tertiary/aromatic N) is 1. The zero-order valence-electron chi connectivity index (χ0n) is 14.3. The molecule has 0 aliphatic heterocycles. The van der Waals surface area contributed by atoms with Crippen LogP contribution >= 0.6 is 0 Å². The molecular formula is C16H32N2O3S. The summed E-state index contributed by atoms with van der Waals surface area (Å²) in [5, 5.41) is 0. The average Bonchev–Trinajstić information content (AvgIpc) is 2.97. The predicted molar refractivity (Wildman–Crippen MR) is 88.5 cm³/mol. The van der Waals surface area contributed by atoms with E-state index in [4.69, 9.17) is 0 Å². The molecule has 1 N–H and O–H groups in total. The van der Waals surface area contributed by atoms with E-state index in [0.717, 1.165) is 19.3 Å². The highest BCUT2D eigenvalue weighted by Gasteiger charge is 2.12. The van der Waals surface area contributed by atoms with E-state index in [2.05, 4.69) is 35.9 Å². The van der Waals surface area contributed by atoms with Gasteiger partial charge >= 0.3 is 0 Å². The van der Waals surface area contributed by atoms with Crippen molar-refractivity contribution in [3.8, 4) is 0 Å². The van der Waals surface area contributed by atoms with Gasteiger partial charge in [-0.05, 0) is 19.3 Å². The monoisotopic (exact) mass is 332 g/mol. The van der Waals surface area contributed by atoms with Gasteiger partial charge < -0.3 is 4.55 Å². The second-order valence-electron chi connectivity index (χ2n) is 5.61. The predicted octanol–water partition coefficient (Wildman–Crippen LogP) is 3.56. The van der Waals surface area contributed by atoms with Gasteiger partial charge in [0.2, 0.25) is 6.33 Å². The lowest BCUT2D eigenvalue weighted by Gasteiger charge is -2.10. The van der Waals surface area contributed by atoms with E-state index in [-0.39, 0.29) is 5.75 Å². The van der Waals surface area contributed by atoms with Crippen molar-refractivity contribution in [2.45, 2.75) is 78.2 Å². The van der Waals surface area contributed by atoms with Gasteiger partial charge in [0.15, 0.2) is 0 Å². The highest BCUT2D eigenvalue weighted by Crippen LogP contribution is 2.12. The molecule has 0 aliphatic rings. The molecule has 0 saturated heterocycles. The Balaban J connectivity index is 0.000000409. The normalized spacial score (nSPS) is 11.3. The van der Waals surface area contributed by atoms with Crippen LogP contribution in [0.15, 0.2) is 18.7 Å². The van der Waals surface area contributed by atoms with Gasteiger partial charge in [-0.2, -0.15) is 0 Å². The summed E-state index contributed by atoms with van der Waals surface area (Å²) >= 11 is 0. The van der Waals surface area contributed by atoms with E-state index >= 15 is 0 Å². The van der Waals surface area contributed by atoms with Crippen molar-refractivity contribution in [2.24, 2.45) is 0 Å². The van der Waals surface area contributed by atoms with Gasteiger partial charge in [0, 0.05) is 5.75 Å². The topological polar surface area (TPSA) is 76.9 Å². The Morgan fingerprint density at radius 2 is 1.68 bits per heavy atom. The molecule has 0 fully saturated rings. The van der Waals surface area contributed by atoms with Crippen molar-refractivity contribution >= 4 is 10.1 Å². The van der Waals surface area contributed by atoms with E-state index < -0.39 is 10.1 Å². The first-order valence-corrected chi connectivity index (χ1v) is 9.99. The fourth-order valence-electron chi connectivity index (χ4n) is 2.34. The van der Waals surface area contributed by atoms with Crippen LogP contribution in [0.4, 0.5) is 0 Å². The van der Waals surface area contributed by atoms with Crippen molar-refractivity contribution in [1.29, 1.82) is 0 Å². The molecule has 0 unspecified atom stereocenters. The number of imidazole rings is 1. The molecule has 0 aromatic carbocycles. The number of nitrogens with one attached hydrogen (secondary N) is 1. The van der Waals surface area contributed by atoms with Crippen molar-refractivity contribution in [3.63, 3.8) is 0 Å². The molecular weight excluding hydrogens is 300 g/mol. The summed E-state index contributed by atoms with van der Waals surface area (Å²) in [6.45, 7) is 6.53. The number of hydrogen-bond donors (Lipinski definition) is 1. The molecule has 1 heterocycles. The van der Waals surface area contributed by atoms with Crippen LogP contribution in [0.1, 0.15) is 78.2 Å². The first-order chi connectivity index (χ1) is 10.4. The maximum absolute atomic E-state index is 10.0. The Hall–Kier alpha value is -0.880. The first kappa shape index (κ1) is 21.1. The fourth-order valence-corrected chi connectivity index (χ4v) is 2.90. The Morgan fingerprint density at radius 1 is 1.05 bits per heavy atom. The molecule has 0 amide bonds. The highest BCUT2D eigenvalue weighted by molar-refractivity contribution is 7.85. The molecule has 1 aromatic rings. The summed E-state index contributed by atoms with van der Waals surface area (Å²) in [5.74, 6) is -0.201. The Labute approximate surface area is 135 Å². The maximum Gasteiger partial charge on any atom is 0.241 e. The summed E-state index contributed by atoms with van der Waals surface area (Å²) in [6.07, 6.45) is 14.7. The number of aromatic amines is 1. The van der Waals surface area contributed by atoms with E-state index in [0.29, 0.717) is 12.5 Å². The fraction of sp³-hybridized carbons (Fsp3) is 0.812.